The highest BCUT2D eigenvalue weighted by molar-refractivity contribution is 6.32. The molecule has 0 amide bonds. The van der Waals surface area contributed by atoms with E-state index in [0.717, 1.165) is 12.8 Å². The summed E-state index contributed by atoms with van der Waals surface area (Å²) in [5, 5.41) is 10.1. The van der Waals surface area contributed by atoms with E-state index in [2.05, 4.69) is 4.99 Å². The molecule has 1 N–H and O–H groups in total. The van der Waals surface area contributed by atoms with Crippen LogP contribution in [0, 0.1) is 0 Å². The summed E-state index contributed by atoms with van der Waals surface area (Å²) in [4.78, 5) is 14.1. The van der Waals surface area contributed by atoms with Crippen molar-refractivity contribution in [3.63, 3.8) is 0 Å². The molecule has 0 aliphatic heterocycles. The van der Waals surface area contributed by atoms with Gasteiger partial charge in [-0.05, 0) is 18.9 Å². The molecular formula is C11H10ClNO3. The molecule has 0 unspecified atom stereocenters. The van der Waals surface area contributed by atoms with Crippen LogP contribution in [0.3, 0.4) is 0 Å². The Kier molecular flexibility index (Phi) is 2.62. The second kappa shape index (κ2) is 3.81. The third kappa shape index (κ3) is 1.66. The third-order valence-corrected chi connectivity index (χ3v) is 3.05. The molecule has 1 saturated carbocycles. The summed E-state index contributed by atoms with van der Waals surface area (Å²) in [6, 6.07) is 3.02. The number of methoxy groups -OCH3 is 1. The van der Waals surface area contributed by atoms with Gasteiger partial charge in [0, 0.05) is 11.6 Å². The first kappa shape index (κ1) is 11.0. The average molecular weight is 240 g/mol. The van der Waals surface area contributed by atoms with Crippen molar-refractivity contribution in [2.45, 2.75) is 18.4 Å². The van der Waals surface area contributed by atoms with E-state index in [-0.39, 0.29) is 5.75 Å². The summed E-state index contributed by atoms with van der Waals surface area (Å²) in [7, 11) is 1.49. The number of phenols is 1. The van der Waals surface area contributed by atoms with Gasteiger partial charge in [0.1, 0.15) is 17.0 Å². The van der Waals surface area contributed by atoms with Crippen molar-refractivity contribution in [1.82, 2.24) is 0 Å². The average Bonchev–Trinajstić information content (AvgIpc) is 2.99. The monoisotopic (exact) mass is 239 g/mol. The Balaban J connectivity index is 2.53. The molecule has 4 nitrogen and oxygen atoms in total. The molecule has 84 valence electrons. The van der Waals surface area contributed by atoms with Gasteiger partial charge in [-0.15, -0.1) is 0 Å². The van der Waals surface area contributed by atoms with Crippen LogP contribution in [0.1, 0.15) is 18.4 Å². The molecule has 0 spiro atoms. The van der Waals surface area contributed by atoms with Crippen LogP contribution in [0.25, 0.3) is 0 Å². The fourth-order valence-corrected chi connectivity index (χ4v) is 1.95. The second-order valence-electron chi connectivity index (χ2n) is 3.74. The highest BCUT2D eigenvalue weighted by atomic mass is 35.5. The minimum absolute atomic E-state index is 0.0299. The van der Waals surface area contributed by atoms with Crippen molar-refractivity contribution >= 4 is 17.7 Å². The van der Waals surface area contributed by atoms with Gasteiger partial charge >= 0.3 is 0 Å². The van der Waals surface area contributed by atoms with E-state index < -0.39 is 5.54 Å². The van der Waals surface area contributed by atoms with Crippen molar-refractivity contribution in [2.24, 2.45) is 4.99 Å². The Bertz CT molecular complexity index is 476. The van der Waals surface area contributed by atoms with Crippen molar-refractivity contribution in [3.8, 4) is 11.5 Å². The highest BCUT2D eigenvalue weighted by Crippen LogP contribution is 2.53. The second-order valence-corrected chi connectivity index (χ2v) is 4.15. The van der Waals surface area contributed by atoms with Crippen molar-refractivity contribution in [2.75, 3.05) is 7.11 Å². The van der Waals surface area contributed by atoms with E-state index in [9.17, 15) is 9.90 Å². The van der Waals surface area contributed by atoms with Gasteiger partial charge in [-0.2, -0.15) is 4.99 Å². The Morgan fingerprint density at radius 3 is 2.75 bits per heavy atom. The van der Waals surface area contributed by atoms with Gasteiger partial charge in [-0.1, -0.05) is 11.6 Å². The molecule has 16 heavy (non-hydrogen) atoms. The highest BCUT2D eigenvalue weighted by Gasteiger charge is 2.47. The molecular weight excluding hydrogens is 230 g/mol. The number of halogens is 1. The molecule has 0 bridgehead atoms. The molecule has 5 heteroatoms. The van der Waals surface area contributed by atoms with Gasteiger partial charge in [-0.25, -0.2) is 4.79 Å². The Morgan fingerprint density at radius 1 is 1.56 bits per heavy atom. The van der Waals surface area contributed by atoms with Gasteiger partial charge in [-0.3, -0.25) is 0 Å². The largest absolute Gasteiger partial charge is 0.508 e. The molecule has 0 heterocycles. The predicted octanol–water partition coefficient (Wildman–Crippen LogP) is 2.38. The van der Waals surface area contributed by atoms with Crippen LogP contribution in [0.2, 0.25) is 5.02 Å². The molecule has 0 aromatic heterocycles. The summed E-state index contributed by atoms with van der Waals surface area (Å²) >= 11 is 5.86. The van der Waals surface area contributed by atoms with Crippen LogP contribution in [-0.2, 0) is 10.3 Å². The number of aliphatic imine (C=N–C) groups is 1. The van der Waals surface area contributed by atoms with Crippen molar-refractivity contribution in [3.05, 3.63) is 22.7 Å². The molecule has 0 saturated heterocycles. The third-order valence-electron chi connectivity index (χ3n) is 2.75. The molecule has 0 atom stereocenters. The first-order chi connectivity index (χ1) is 7.63. The van der Waals surface area contributed by atoms with E-state index in [1.54, 1.807) is 6.07 Å². The van der Waals surface area contributed by atoms with Crippen LogP contribution < -0.4 is 4.74 Å². The van der Waals surface area contributed by atoms with Gasteiger partial charge in [0.2, 0.25) is 6.08 Å². The van der Waals surface area contributed by atoms with Crippen LogP contribution in [-0.4, -0.2) is 18.3 Å². The predicted molar refractivity (Wildman–Crippen MR) is 58.7 cm³/mol. The van der Waals surface area contributed by atoms with Crippen molar-refractivity contribution in [1.29, 1.82) is 0 Å². The summed E-state index contributed by atoms with van der Waals surface area (Å²) in [6.45, 7) is 0. The minimum Gasteiger partial charge on any atom is -0.508 e. The van der Waals surface area contributed by atoms with E-state index in [0.29, 0.717) is 16.3 Å². The fourth-order valence-electron chi connectivity index (χ4n) is 1.72. The number of benzene rings is 1. The Morgan fingerprint density at radius 2 is 2.25 bits per heavy atom. The molecule has 1 aromatic carbocycles. The lowest BCUT2D eigenvalue weighted by atomic mass is 10.0. The van der Waals surface area contributed by atoms with Crippen LogP contribution in [0.15, 0.2) is 17.1 Å². The number of phenolic OH excluding ortho intramolecular Hbond substituents is 1. The number of aromatic hydroxyl groups is 1. The first-order valence-electron chi connectivity index (χ1n) is 4.79. The lowest BCUT2D eigenvalue weighted by Crippen LogP contribution is -2.03. The lowest BCUT2D eigenvalue weighted by Gasteiger charge is -2.13. The number of hydrogen-bond acceptors (Lipinski definition) is 4. The zero-order chi connectivity index (χ0) is 11.8. The van der Waals surface area contributed by atoms with E-state index in [4.69, 9.17) is 16.3 Å². The molecule has 1 fully saturated rings. The van der Waals surface area contributed by atoms with Crippen LogP contribution in [0.5, 0.6) is 11.5 Å². The zero-order valence-corrected chi connectivity index (χ0v) is 9.41. The number of ether oxygens (including phenoxy) is 1. The maximum absolute atomic E-state index is 10.3. The summed E-state index contributed by atoms with van der Waals surface area (Å²) in [6.07, 6.45) is 2.98. The maximum Gasteiger partial charge on any atom is 0.235 e. The Hall–Kier alpha value is -1.51. The Labute approximate surface area is 97.5 Å². The number of carbonyl (C=O) groups excluding carboxylic acids is 1. The number of hydrogen-bond donors (Lipinski definition) is 1. The SMILES string of the molecule is COc1cc(C2(N=C=O)CC2)c(O)cc1Cl. The topological polar surface area (TPSA) is 58.9 Å². The zero-order valence-electron chi connectivity index (χ0n) is 8.66. The first-order valence-corrected chi connectivity index (χ1v) is 5.17. The van der Waals surface area contributed by atoms with Crippen LogP contribution in [0.4, 0.5) is 0 Å². The smallest absolute Gasteiger partial charge is 0.235 e. The van der Waals surface area contributed by atoms with Crippen molar-refractivity contribution < 1.29 is 14.6 Å². The molecule has 1 aliphatic rings. The van der Waals surface area contributed by atoms with Gasteiger partial charge in [0.25, 0.3) is 0 Å². The van der Waals surface area contributed by atoms with Crippen LogP contribution >= 0.6 is 11.6 Å². The van der Waals surface area contributed by atoms with Gasteiger partial charge in [0.15, 0.2) is 0 Å². The minimum atomic E-state index is -0.621. The molecule has 1 aliphatic carbocycles. The standard InChI is InChI=1S/C11H10ClNO3/c1-16-10-4-7(9(15)5-8(10)12)11(2-3-11)13-6-14/h4-5,15H,2-3H2,1H3. The number of nitrogens with zero attached hydrogens (tertiary/aromatic N) is 1. The normalized spacial score (nSPS) is 16.4. The van der Waals surface area contributed by atoms with E-state index in [1.807, 2.05) is 0 Å². The fraction of sp³-hybridized carbons (Fsp3) is 0.364. The van der Waals surface area contributed by atoms with E-state index >= 15 is 0 Å². The summed E-state index contributed by atoms with van der Waals surface area (Å²) in [5.74, 6) is 0.490. The molecule has 1 aromatic rings. The van der Waals surface area contributed by atoms with Gasteiger partial charge in [0.05, 0.1) is 12.1 Å². The van der Waals surface area contributed by atoms with Gasteiger partial charge < -0.3 is 9.84 Å². The number of rotatable bonds is 3. The van der Waals surface area contributed by atoms with E-state index in [1.165, 1.54) is 19.3 Å². The lowest BCUT2D eigenvalue weighted by molar-refractivity contribution is 0.409. The quantitative estimate of drug-likeness (QED) is 0.651. The maximum atomic E-state index is 10.3. The number of isocyanates is 1. The summed E-state index contributed by atoms with van der Waals surface area (Å²) in [5.41, 5.74) is -0.0546. The molecule has 0 radical (unpaired) electrons. The molecule has 2 rings (SSSR count). The summed E-state index contributed by atoms with van der Waals surface area (Å²) < 4.78 is 5.06.